The first kappa shape index (κ1) is 8.35. The first-order valence-corrected chi connectivity index (χ1v) is 3.56. The molecule has 2 nitrogen and oxygen atoms in total. The molecule has 1 aromatic carbocycles. The van der Waals surface area contributed by atoms with Gasteiger partial charge >= 0.3 is 0 Å². The highest BCUT2D eigenvalue weighted by atomic mass is 16.1. The summed E-state index contributed by atoms with van der Waals surface area (Å²) in [7, 11) is 0. The van der Waals surface area contributed by atoms with Crippen LogP contribution in [0.1, 0.15) is 11.1 Å². The van der Waals surface area contributed by atoms with Crippen molar-refractivity contribution < 1.29 is 4.79 Å². The van der Waals surface area contributed by atoms with Gasteiger partial charge in [-0.25, -0.2) is 0 Å². The molecule has 0 heterocycles. The zero-order valence-electron chi connectivity index (χ0n) is 6.79. The van der Waals surface area contributed by atoms with Gasteiger partial charge in [-0.3, -0.25) is 4.79 Å². The predicted molar refractivity (Wildman–Crippen MR) is 48.5 cm³/mol. The molecular formula is C10H9NO. The zero-order chi connectivity index (χ0) is 8.97. The van der Waals surface area contributed by atoms with Crippen LogP contribution >= 0.6 is 0 Å². The quantitative estimate of drug-likeness (QED) is 0.350. The molecule has 0 atom stereocenters. The second kappa shape index (κ2) is 3.59. The lowest BCUT2D eigenvalue weighted by molar-refractivity contribution is -0.103. The van der Waals surface area contributed by atoms with E-state index in [1.54, 1.807) is 6.07 Å². The van der Waals surface area contributed by atoms with E-state index in [9.17, 15) is 4.79 Å². The lowest BCUT2D eigenvalue weighted by Crippen LogP contribution is -1.91. The fraction of sp³-hybridized carbons (Fsp3) is 0.100. The van der Waals surface area contributed by atoms with Gasteiger partial charge < -0.3 is 5.73 Å². The molecule has 2 heteroatoms. The maximum atomic E-state index is 9.97. The molecule has 60 valence electrons. The van der Waals surface area contributed by atoms with Crippen molar-refractivity contribution in [3.8, 4) is 11.8 Å². The van der Waals surface area contributed by atoms with Crippen molar-refractivity contribution in [2.24, 2.45) is 0 Å². The fourth-order valence-electron chi connectivity index (χ4n) is 0.896. The van der Waals surface area contributed by atoms with Gasteiger partial charge in [0.1, 0.15) is 0 Å². The minimum Gasteiger partial charge on any atom is -0.398 e. The average Bonchev–Trinajstić information content (AvgIpc) is 2.08. The van der Waals surface area contributed by atoms with Crippen LogP contribution in [0, 0.1) is 18.8 Å². The third-order valence-corrected chi connectivity index (χ3v) is 1.64. The topological polar surface area (TPSA) is 43.1 Å². The SMILES string of the molecule is Cc1c(N)cccc1C#CC=O. The van der Waals surface area contributed by atoms with Gasteiger partial charge in [0.15, 0.2) is 6.29 Å². The van der Waals surface area contributed by atoms with E-state index in [2.05, 4.69) is 11.8 Å². The number of nitrogens with two attached hydrogens (primary N) is 1. The van der Waals surface area contributed by atoms with Gasteiger partial charge in [-0.15, -0.1) is 0 Å². The Bertz CT molecular complexity index is 358. The highest BCUT2D eigenvalue weighted by Gasteiger charge is 1.96. The maximum absolute atomic E-state index is 9.97. The summed E-state index contributed by atoms with van der Waals surface area (Å²) >= 11 is 0. The molecular weight excluding hydrogens is 150 g/mol. The second-order valence-electron chi connectivity index (χ2n) is 2.41. The fourth-order valence-corrected chi connectivity index (χ4v) is 0.896. The van der Waals surface area contributed by atoms with Gasteiger partial charge in [-0.1, -0.05) is 12.0 Å². The number of anilines is 1. The van der Waals surface area contributed by atoms with Gasteiger partial charge in [-0.05, 0) is 30.5 Å². The molecule has 0 aliphatic rings. The van der Waals surface area contributed by atoms with Gasteiger partial charge in [0.05, 0.1) is 0 Å². The Kier molecular flexibility index (Phi) is 2.49. The third kappa shape index (κ3) is 1.64. The molecule has 1 rings (SSSR count). The maximum Gasteiger partial charge on any atom is 0.193 e. The van der Waals surface area contributed by atoms with Crippen molar-refractivity contribution in [2.75, 3.05) is 5.73 Å². The Morgan fingerprint density at radius 3 is 2.92 bits per heavy atom. The Labute approximate surface area is 71.4 Å². The molecule has 0 aliphatic heterocycles. The summed E-state index contributed by atoms with van der Waals surface area (Å²) in [6.45, 7) is 1.88. The van der Waals surface area contributed by atoms with Crippen LogP contribution < -0.4 is 5.73 Å². The summed E-state index contributed by atoms with van der Waals surface area (Å²) in [6.07, 6.45) is 0.572. The van der Waals surface area contributed by atoms with Crippen LogP contribution in [-0.2, 0) is 4.79 Å². The molecule has 0 saturated carbocycles. The first-order chi connectivity index (χ1) is 5.75. The summed E-state index contributed by atoms with van der Waals surface area (Å²) in [5, 5.41) is 0. The monoisotopic (exact) mass is 159 g/mol. The highest BCUT2D eigenvalue weighted by molar-refractivity contribution is 5.74. The molecule has 0 unspecified atom stereocenters. The smallest absolute Gasteiger partial charge is 0.193 e. The van der Waals surface area contributed by atoms with E-state index >= 15 is 0 Å². The van der Waals surface area contributed by atoms with Crippen molar-refractivity contribution in [3.05, 3.63) is 29.3 Å². The van der Waals surface area contributed by atoms with Crippen molar-refractivity contribution in [1.82, 2.24) is 0 Å². The minimum atomic E-state index is 0.572. The molecule has 0 spiro atoms. The molecule has 12 heavy (non-hydrogen) atoms. The minimum absolute atomic E-state index is 0.572. The van der Waals surface area contributed by atoms with Crippen LogP contribution in [-0.4, -0.2) is 6.29 Å². The Morgan fingerprint density at radius 1 is 1.50 bits per heavy atom. The van der Waals surface area contributed by atoms with E-state index < -0.39 is 0 Å². The number of nitrogen functional groups attached to an aromatic ring is 1. The Morgan fingerprint density at radius 2 is 2.25 bits per heavy atom. The predicted octanol–water partition coefficient (Wildman–Crippen LogP) is 1.13. The second-order valence-corrected chi connectivity index (χ2v) is 2.41. The summed E-state index contributed by atoms with van der Waals surface area (Å²) in [5.41, 5.74) is 8.07. The zero-order valence-corrected chi connectivity index (χ0v) is 6.79. The van der Waals surface area contributed by atoms with Crippen LogP contribution in [0.5, 0.6) is 0 Å². The van der Waals surface area contributed by atoms with Crippen molar-refractivity contribution >= 4 is 12.0 Å². The lowest BCUT2D eigenvalue weighted by atomic mass is 10.1. The molecule has 1 aromatic rings. The van der Waals surface area contributed by atoms with E-state index in [1.807, 2.05) is 19.1 Å². The number of hydrogen-bond donors (Lipinski definition) is 1. The summed E-state index contributed by atoms with van der Waals surface area (Å²) in [6, 6.07) is 5.46. The molecule has 0 radical (unpaired) electrons. The van der Waals surface area contributed by atoms with Crippen molar-refractivity contribution in [2.45, 2.75) is 6.92 Å². The summed E-state index contributed by atoms with van der Waals surface area (Å²) in [5.74, 6) is 5.05. The van der Waals surface area contributed by atoms with Gasteiger partial charge in [0, 0.05) is 11.3 Å². The number of aldehydes is 1. The normalized spacial score (nSPS) is 8.42. The average molecular weight is 159 g/mol. The Hall–Kier alpha value is -1.75. The van der Waals surface area contributed by atoms with E-state index in [1.165, 1.54) is 0 Å². The number of carbonyl (C=O) groups is 1. The standard InChI is InChI=1S/C10H9NO/c1-8-9(5-3-7-12)4-2-6-10(8)11/h2,4,6-7H,11H2,1H3. The number of carbonyl (C=O) groups excluding carboxylic acids is 1. The molecule has 0 fully saturated rings. The highest BCUT2D eigenvalue weighted by Crippen LogP contribution is 2.13. The molecule has 0 aliphatic carbocycles. The molecule has 0 saturated heterocycles. The van der Waals surface area contributed by atoms with E-state index in [0.29, 0.717) is 12.0 Å². The Balaban J connectivity index is 3.16. The largest absolute Gasteiger partial charge is 0.398 e. The van der Waals surface area contributed by atoms with Gasteiger partial charge in [0.25, 0.3) is 0 Å². The van der Waals surface area contributed by atoms with Gasteiger partial charge in [-0.2, -0.15) is 0 Å². The number of benzene rings is 1. The summed E-state index contributed by atoms with van der Waals surface area (Å²) in [4.78, 5) is 9.97. The van der Waals surface area contributed by atoms with Crippen molar-refractivity contribution in [3.63, 3.8) is 0 Å². The van der Waals surface area contributed by atoms with Crippen molar-refractivity contribution in [1.29, 1.82) is 0 Å². The number of rotatable bonds is 0. The van der Waals surface area contributed by atoms with Crippen LogP contribution in [0.15, 0.2) is 18.2 Å². The van der Waals surface area contributed by atoms with Crippen LogP contribution in [0.2, 0.25) is 0 Å². The third-order valence-electron chi connectivity index (χ3n) is 1.64. The number of hydrogen-bond acceptors (Lipinski definition) is 2. The van der Waals surface area contributed by atoms with E-state index in [-0.39, 0.29) is 0 Å². The van der Waals surface area contributed by atoms with Crippen LogP contribution in [0.3, 0.4) is 0 Å². The first-order valence-electron chi connectivity index (χ1n) is 3.56. The molecule has 0 aromatic heterocycles. The molecule has 0 bridgehead atoms. The van der Waals surface area contributed by atoms with E-state index in [4.69, 9.17) is 5.73 Å². The van der Waals surface area contributed by atoms with E-state index in [0.717, 1.165) is 11.1 Å². The van der Waals surface area contributed by atoms with Gasteiger partial charge in [0.2, 0.25) is 0 Å². The van der Waals surface area contributed by atoms with Crippen LogP contribution in [0.25, 0.3) is 0 Å². The molecule has 0 amide bonds. The lowest BCUT2D eigenvalue weighted by Gasteiger charge is -2.00. The van der Waals surface area contributed by atoms with Crippen LogP contribution in [0.4, 0.5) is 5.69 Å². The summed E-state index contributed by atoms with van der Waals surface area (Å²) < 4.78 is 0. The molecule has 2 N–H and O–H groups in total.